The second kappa shape index (κ2) is 7.27. The highest BCUT2D eigenvalue weighted by Crippen LogP contribution is 2.15. The van der Waals surface area contributed by atoms with Crippen LogP contribution in [0.25, 0.3) is 0 Å². The van der Waals surface area contributed by atoms with Crippen LogP contribution in [0.2, 0.25) is 0 Å². The molecule has 24 heavy (non-hydrogen) atoms. The minimum atomic E-state index is -4.18. The summed E-state index contributed by atoms with van der Waals surface area (Å²) in [7, 11) is -4.18. The van der Waals surface area contributed by atoms with Crippen LogP contribution >= 0.6 is 0 Å². The molecule has 1 N–H and O–H groups in total. The molecule has 0 radical (unpaired) electrons. The summed E-state index contributed by atoms with van der Waals surface area (Å²) in [6.07, 6.45) is 0.804. The lowest BCUT2D eigenvalue weighted by Crippen LogP contribution is -2.16. The van der Waals surface area contributed by atoms with Crippen molar-refractivity contribution < 1.29 is 22.6 Å². The summed E-state index contributed by atoms with van der Waals surface area (Å²) in [6, 6.07) is 12.6. The van der Waals surface area contributed by atoms with Crippen LogP contribution < -0.4 is 0 Å². The van der Waals surface area contributed by atoms with E-state index in [4.69, 9.17) is 0 Å². The summed E-state index contributed by atoms with van der Waals surface area (Å²) in [4.78, 5) is 11.3. The third-order valence-corrected chi connectivity index (χ3v) is 4.49. The quantitative estimate of drug-likeness (QED) is 0.640. The number of benzene rings is 2. The molecule has 0 saturated heterocycles. The monoisotopic (exact) mass is 347 g/mol. The number of oxime groups is 1. The standard InChI is InChI=1S/C17H17NO5S/c1-3-13-6-8-14(9-7-13)16(17(19)20)18-23-24(21,22)15-10-4-12(2)5-11-15/h4-11H,3H2,1-2H3,(H,19,20)/b18-16+. The Labute approximate surface area is 140 Å². The van der Waals surface area contributed by atoms with Gasteiger partial charge in [0.1, 0.15) is 4.90 Å². The lowest BCUT2D eigenvalue weighted by molar-refractivity contribution is -0.129. The van der Waals surface area contributed by atoms with E-state index in [2.05, 4.69) is 9.44 Å². The Morgan fingerprint density at radius 3 is 2.17 bits per heavy atom. The highest BCUT2D eigenvalue weighted by Gasteiger charge is 2.19. The first kappa shape index (κ1) is 17.7. The molecule has 6 nitrogen and oxygen atoms in total. The molecular formula is C17H17NO5S. The van der Waals surface area contributed by atoms with Gasteiger partial charge in [-0.15, -0.1) is 0 Å². The molecule has 2 rings (SSSR count). The number of rotatable bonds is 6. The fourth-order valence-electron chi connectivity index (χ4n) is 1.95. The van der Waals surface area contributed by atoms with Gasteiger partial charge in [0.05, 0.1) is 0 Å². The maximum atomic E-state index is 12.1. The van der Waals surface area contributed by atoms with E-state index in [0.717, 1.165) is 17.5 Å². The minimum Gasteiger partial charge on any atom is -0.476 e. The number of carbonyl (C=O) groups is 1. The van der Waals surface area contributed by atoms with Gasteiger partial charge in [0.2, 0.25) is 0 Å². The van der Waals surface area contributed by atoms with Gasteiger partial charge in [-0.2, -0.15) is 8.42 Å². The maximum absolute atomic E-state index is 12.1. The summed E-state index contributed by atoms with van der Waals surface area (Å²) in [6.45, 7) is 3.79. The summed E-state index contributed by atoms with van der Waals surface area (Å²) in [5.74, 6) is -1.38. The van der Waals surface area contributed by atoms with Crippen LogP contribution in [0, 0.1) is 6.92 Å². The molecule has 0 aliphatic rings. The van der Waals surface area contributed by atoms with Crippen molar-refractivity contribution >= 4 is 21.8 Å². The third kappa shape index (κ3) is 4.20. The van der Waals surface area contributed by atoms with Crippen LogP contribution in [-0.4, -0.2) is 25.2 Å². The Hall–Kier alpha value is -2.67. The van der Waals surface area contributed by atoms with Gasteiger partial charge in [-0.1, -0.05) is 54.0 Å². The van der Waals surface area contributed by atoms with Gasteiger partial charge in [0.15, 0.2) is 5.71 Å². The van der Waals surface area contributed by atoms with Gasteiger partial charge in [-0.25, -0.2) is 4.79 Å². The van der Waals surface area contributed by atoms with E-state index in [9.17, 15) is 18.3 Å². The zero-order valence-electron chi connectivity index (χ0n) is 13.3. The predicted molar refractivity (Wildman–Crippen MR) is 89.4 cm³/mol. The molecule has 0 amide bonds. The molecule has 2 aromatic rings. The first-order valence-electron chi connectivity index (χ1n) is 7.24. The van der Waals surface area contributed by atoms with Gasteiger partial charge >= 0.3 is 16.1 Å². The van der Waals surface area contributed by atoms with Crippen molar-refractivity contribution in [1.29, 1.82) is 0 Å². The largest absolute Gasteiger partial charge is 0.476 e. The summed E-state index contributed by atoms with van der Waals surface area (Å²) in [5.41, 5.74) is 1.70. The van der Waals surface area contributed by atoms with Crippen molar-refractivity contribution in [3.8, 4) is 0 Å². The van der Waals surface area contributed by atoms with Crippen LogP contribution in [0.3, 0.4) is 0 Å². The summed E-state index contributed by atoms with van der Waals surface area (Å²) < 4.78 is 28.7. The van der Waals surface area contributed by atoms with Crippen LogP contribution in [-0.2, 0) is 25.6 Å². The average molecular weight is 347 g/mol. The minimum absolute atomic E-state index is 0.0945. The fraction of sp³-hybridized carbons (Fsp3) is 0.176. The normalized spacial score (nSPS) is 12.0. The molecule has 7 heteroatoms. The van der Waals surface area contributed by atoms with Crippen molar-refractivity contribution in [3.05, 3.63) is 65.2 Å². The molecule has 0 atom stereocenters. The number of aliphatic carboxylic acids is 1. The van der Waals surface area contributed by atoms with E-state index >= 15 is 0 Å². The Bertz CT molecular complexity index is 853. The zero-order chi connectivity index (χ0) is 17.7. The van der Waals surface area contributed by atoms with E-state index in [-0.39, 0.29) is 10.5 Å². The topological polar surface area (TPSA) is 93.0 Å². The lowest BCUT2D eigenvalue weighted by Gasteiger charge is -2.05. The van der Waals surface area contributed by atoms with Crippen molar-refractivity contribution in [2.45, 2.75) is 25.2 Å². The molecule has 0 unspecified atom stereocenters. The van der Waals surface area contributed by atoms with E-state index in [1.165, 1.54) is 12.1 Å². The first-order chi connectivity index (χ1) is 11.3. The van der Waals surface area contributed by atoms with Crippen molar-refractivity contribution in [2.75, 3.05) is 0 Å². The number of hydrogen-bond acceptors (Lipinski definition) is 5. The smallest absolute Gasteiger partial charge is 0.358 e. The van der Waals surface area contributed by atoms with E-state index in [1.54, 1.807) is 36.4 Å². The maximum Gasteiger partial charge on any atom is 0.358 e. The van der Waals surface area contributed by atoms with Gasteiger partial charge in [-0.3, -0.25) is 4.28 Å². The molecule has 126 valence electrons. The third-order valence-electron chi connectivity index (χ3n) is 3.37. The average Bonchev–Trinajstić information content (AvgIpc) is 2.55. The van der Waals surface area contributed by atoms with Gasteiger partial charge in [0.25, 0.3) is 0 Å². The molecule has 0 fully saturated rings. The number of aryl methyl sites for hydroxylation is 2. The van der Waals surface area contributed by atoms with Crippen molar-refractivity contribution in [2.24, 2.45) is 5.16 Å². The molecule has 0 heterocycles. The van der Waals surface area contributed by atoms with E-state index < -0.39 is 21.8 Å². The molecule has 0 aliphatic carbocycles. The highest BCUT2D eigenvalue weighted by atomic mass is 32.2. The molecular weight excluding hydrogens is 330 g/mol. The molecule has 0 saturated carbocycles. The summed E-state index contributed by atoms with van der Waals surface area (Å²) in [5, 5.41) is 12.6. The Morgan fingerprint density at radius 1 is 1.08 bits per heavy atom. The predicted octanol–water partition coefficient (Wildman–Crippen LogP) is 2.75. The number of nitrogens with zero attached hydrogens (tertiary/aromatic N) is 1. The highest BCUT2D eigenvalue weighted by molar-refractivity contribution is 7.86. The SMILES string of the molecule is CCc1ccc(/C(=N\OS(=O)(=O)c2ccc(C)cc2)C(=O)O)cc1. The first-order valence-corrected chi connectivity index (χ1v) is 8.65. The van der Waals surface area contributed by atoms with E-state index in [0.29, 0.717) is 0 Å². The van der Waals surface area contributed by atoms with Crippen molar-refractivity contribution in [3.63, 3.8) is 0 Å². The lowest BCUT2D eigenvalue weighted by atomic mass is 10.1. The number of carboxylic acid groups (broad SMARTS) is 1. The Morgan fingerprint density at radius 2 is 1.67 bits per heavy atom. The fourth-order valence-corrected chi connectivity index (χ4v) is 2.68. The van der Waals surface area contributed by atoms with Gasteiger partial charge in [-0.05, 0) is 31.0 Å². The molecule has 0 bridgehead atoms. The number of hydrogen-bond donors (Lipinski definition) is 1. The Kier molecular flexibility index (Phi) is 5.35. The zero-order valence-corrected chi connectivity index (χ0v) is 14.1. The van der Waals surface area contributed by atoms with Crippen LogP contribution in [0.1, 0.15) is 23.6 Å². The van der Waals surface area contributed by atoms with Crippen LogP contribution in [0.5, 0.6) is 0 Å². The molecule has 0 aromatic heterocycles. The van der Waals surface area contributed by atoms with Crippen molar-refractivity contribution in [1.82, 2.24) is 0 Å². The molecule has 2 aromatic carbocycles. The van der Waals surface area contributed by atoms with E-state index in [1.807, 2.05) is 13.8 Å². The summed E-state index contributed by atoms with van der Waals surface area (Å²) >= 11 is 0. The van der Waals surface area contributed by atoms with Gasteiger partial charge < -0.3 is 5.11 Å². The van der Waals surface area contributed by atoms with Crippen LogP contribution in [0.15, 0.2) is 58.6 Å². The number of carboxylic acids is 1. The molecule has 0 spiro atoms. The second-order valence-electron chi connectivity index (χ2n) is 5.14. The Balaban J connectivity index is 2.30. The molecule has 0 aliphatic heterocycles. The van der Waals surface area contributed by atoms with Crippen LogP contribution in [0.4, 0.5) is 0 Å². The van der Waals surface area contributed by atoms with Gasteiger partial charge in [0, 0.05) is 5.56 Å². The second-order valence-corrected chi connectivity index (χ2v) is 6.67.